The Hall–Kier alpha value is -0.830. The van der Waals surface area contributed by atoms with Crippen LogP contribution in [0.15, 0.2) is 0 Å². The topological polar surface area (TPSA) is 37.9 Å². The largest absolute Gasteiger partial charge is 0.378 e. The zero-order valence-electron chi connectivity index (χ0n) is 11.5. The molecule has 0 spiro atoms. The lowest BCUT2D eigenvalue weighted by atomic mass is 9.82. The minimum Gasteiger partial charge on any atom is -0.378 e. The van der Waals surface area contributed by atoms with Gasteiger partial charge in [0.15, 0.2) is 0 Å². The molecular weight excluding hydrogens is 224 g/mol. The highest BCUT2D eigenvalue weighted by Gasteiger charge is 2.25. The van der Waals surface area contributed by atoms with E-state index >= 15 is 0 Å². The first-order chi connectivity index (χ1) is 8.72. The van der Waals surface area contributed by atoms with Gasteiger partial charge in [0.05, 0.1) is 11.8 Å². The SMILES string of the molecule is CC1Cc2nc(CC3CCCCO3)[nH]c2CC1C. The van der Waals surface area contributed by atoms with E-state index in [1.165, 1.54) is 30.7 Å². The molecule has 0 radical (unpaired) electrons. The molecule has 0 amide bonds. The molecule has 1 aliphatic heterocycles. The minimum atomic E-state index is 0.390. The summed E-state index contributed by atoms with van der Waals surface area (Å²) in [7, 11) is 0. The van der Waals surface area contributed by atoms with Crippen LogP contribution in [0.25, 0.3) is 0 Å². The van der Waals surface area contributed by atoms with E-state index in [2.05, 4.69) is 18.8 Å². The van der Waals surface area contributed by atoms with Crippen LogP contribution in [0.5, 0.6) is 0 Å². The third-order valence-electron chi connectivity index (χ3n) is 4.62. The third kappa shape index (κ3) is 2.46. The number of nitrogens with one attached hydrogen (secondary N) is 1. The molecule has 2 heterocycles. The van der Waals surface area contributed by atoms with Gasteiger partial charge in [0.2, 0.25) is 0 Å². The number of fused-ring (bicyclic) bond motifs is 1. The predicted octanol–water partition coefficient (Wildman–Crippen LogP) is 2.89. The van der Waals surface area contributed by atoms with Gasteiger partial charge in [-0.25, -0.2) is 4.98 Å². The highest BCUT2D eigenvalue weighted by Crippen LogP contribution is 2.28. The summed E-state index contributed by atoms with van der Waals surface area (Å²) >= 11 is 0. The number of ether oxygens (including phenoxy) is 1. The van der Waals surface area contributed by atoms with E-state index in [0.29, 0.717) is 6.10 Å². The summed E-state index contributed by atoms with van der Waals surface area (Å²) in [6.45, 7) is 5.61. The molecule has 1 aliphatic carbocycles. The molecule has 0 aromatic carbocycles. The second kappa shape index (κ2) is 5.04. The van der Waals surface area contributed by atoms with Crippen molar-refractivity contribution in [3.63, 3.8) is 0 Å². The molecule has 18 heavy (non-hydrogen) atoms. The molecule has 1 fully saturated rings. The quantitative estimate of drug-likeness (QED) is 0.874. The fourth-order valence-electron chi connectivity index (χ4n) is 3.15. The molecule has 100 valence electrons. The van der Waals surface area contributed by atoms with Gasteiger partial charge in [-0.2, -0.15) is 0 Å². The zero-order valence-corrected chi connectivity index (χ0v) is 11.5. The number of imidazole rings is 1. The van der Waals surface area contributed by atoms with E-state index in [4.69, 9.17) is 9.72 Å². The van der Waals surface area contributed by atoms with Crippen LogP contribution in [0.1, 0.15) is 50.3 Å². The van der Waals surface area contributed by atoms with Crippen molar-refractivity contribution in [2.45, 2.75) is 58.5 Å². The lowest BCUT2D eigenvalue weighted by molar-refractivity contribution is 0.0157. The molecule has 0 saturated carbocycles. The molecule has 3 rings (SSSR count). The summed E-state index contributed by atoms with van der Waals surface area (Å²) in [5, 5.41) is 0. The van der Waals surface area contributed by atoms with Crippen LogP contribution in [-0.4, -0.2) is 22.7 Å². The van der Waals surface area contributed by atoms with Crippen LogP contribution < -0.4 is 0 Å². The number of aromatic nitrogens is 2. The van der Waals surface area contributed by atoms with Crippen molar-refractivity contribution in [1.82, 2.24) is 9.97 Å². The molecule has 1 aromatic heterocycles. The molecule has 0 bridgehead atoms. The number of H-pyrrole nitrogens is 1. The normalized spacial score (nSPS) is 32.2. The highest BCUT2D eigenvalue weighted by molar-refractivity contribution is 5.19. The van der Waals surface area contributed by atoms with Gasteiger partial charge in [-0.15, -0.1) is 0 Å². The van der Waals surface area contributed by atoms with Crippen LogP contribution in [-0.2, 0) is 24.0 Å². The number of hydrogen-bond donors (Lipinski definition) is 1. The minimum absolute atomic E-state index is 0.390. The first-order valence-electron chi connectivity index (χ1n) is 7.40. The second-order valence-corrected chi connectivity index (χ2v) is 6.16. The first-order valence-corrected chi connectivity index (χ1v) is 7.40. The van der Waals surface area contributed by atoms with Crippen molar-refractivity contribution >= 4 is 0 Å². The zero-order chi connectivity index (χ0) is 12.5. The molecule has 3 atom stereocenters. The molecule has 1 saturated heterocycles. The van der Waals surface area contributed by atoms with Gasteiger partial charge < -0.3 is 9.72 Å². The van der Waals surface area contributed by atoms with E-state index in [9.17, 15) is 0 Å². The molecule has 3 heteroatoms. The summed E-state index contributed by atoms with van der Waals surface area (Å²) < 4.78 is 5.80. The molecule has 2 aliphatic rings. The van der Waals surface area contributed by atoms with Crippen LogP contribution in [0, 0.1) is 11.8 Å². The Morgan fingerprint density at radius 1 is 1.22 bits per heavy atom. The maximum Gasteiger partial charge on any atom is 0.109 e. The molecule has 3 nitrogen and oxygen atoms in total. The number of nitrogens with zero attached hydrogens (tertiary/aromatic N) is 1. The predicted molar refractivity (Wildman–Crippen MR) is 71.6 cm³/mol. The van der Waals surface area contributed by atoms with Crippen molar-refractivity contribution in [2.75, 3.05) is 6.61 Å². The Morgan fingerprint density at radius 3 is 2.83 bits per heavy atom. The van der Waals surface area contributed by atoms with Gasteiger partial charge in [0.25, 0.3) is 0 Å². The van der Waals surface area contributed by atoms with E-state index in [0.717, 1.165) is 43.5 Å². The molecule has 1 aromatic rings. The van der Waals surface area contributed by atoms with Crippen molar-refractivity contribution in [3.05, 3.63) is 17.2 Å². The van der Waals surface area contributed by atoms with Gasteiger partial charge in [-0.3, -0.25) is 0 Å². The Bertz CT molecular complexity index is 379. The number of rotatable bonds is 2. The van der Waals surface area contributed by atoms with E-state index < -0.39 is 0 Å². The molecule has 3 unspecified atom stereocenters. The van der Waals surface area contributed by atoms with Gasteiger partial charge in [0, 0.05) is 18.7 Å². The van der Waals surface area contributed by atoms with Crippen LogP contribution in [0.4, 0.5) is 0 Å². The van der Waals surface area contributed by atoms with E-state index in [1.807, 2.05) is 0 Å². The van der Waals surface area contributed by atoms with E-state index in [1.54, 1.807) is 0 Å². The summed E-state index contributed by atoms with van der Waals surface area (Å²) in [5.41, 5.74) is 2.69. The van der Waals surface area contributed by atoms with Crippen molar-refractivity contribution < 1.29 is 4.74 Å². The lowest BCUT2D eigenvalue weighted by Crippen LogP contribution is -2.21. The summed E-state index contributed by atoms with van der Waals surface area (Å²) in [6, 6.07) is 0. The first kappa shape index (κ1) is 12.2. The molecule has 1 N–H and O–H groups in total. The van der Waals surface area contributed by atoms with Gasteiger partial charge in [-0.1, -0.05) is 13.8 Å². The van der Waals surface area contributed by atoms with Crippen LogP contribution in [0.3, 0.4) is 0 Å². The monoisotopic (exact) mass is 248 g/mol. The van der Waals surface area contributed by atoms with Gasteiger partial charge >= 0.3 is 0 Å². The number of aromatic amines is 1. The van der Waals surface area contributed by atoms with Crippen molar-refractivity contribution in [1.29, 1.82) is 0 Å². The fourth-order valence-corrected chi connectivity index (χ4v) is 3.15. The average molecular weight is 248 g/mol. The average Bonchev–Trinajstić information content (AvgIpc) is 2.72. The Balaban J connectivity index is 1.69. The fraction of sp³-hybridized carbons (Fsp3) is 0.800. The van der Waals surface area contributed by atoms with Crippen molar-refractivity contribution in [2.24, 2.45) is 11.8 Å². The van der Waals surface area contributed by atoms with Gasteiger partial charge in [-0.05, 0) is 43.9 Å². The Kier molecular flexibility index (Phi) is 3.42. The Labute approximate surface area is 109 Å². The van der Waals surface area contributed by atoms with Gasteiger partial charge in [0.1, 0.15) is 5.82 Å². The smallest absolute Gasteiger partial charge is 0.109 e. The third-order valence-corrected chi connectivity index (χ3v) is 4.62. The second-order valence-electron chi connectivity index (χ2n) is 6.16. The Morgan fingerprint density at radius 2 is 2.06 bits per heavy atom. The maximum atomic E-state index is 5.80. The lowest BCUT2D eigenvalue weighted by Gasteiger charge is -2.24. The number of hydrogen-bond acceptors (Lipinski definition) is 2. The van der Waals surface area contributed by atoms with E-state index in [-0.39, 0.29) is 0 Å². The highest BCUT2D eigenvalue weighted by atomic mass is 16.5. The van der Waals surface area contributed by atoms with Crippen LogP contribution in [0.2, 0.25) is 0 Å². The summed E-state index contributed by atoms with van der Waals surface area (Å²) in [4.78, 5) is 8.33. The van der Waals surface area contributed by atoms with Crippen molar-refractivity contribution in [3.8, 4) is 0 Å². The maximum absolute atomic E-state index is 5.80. The summed E-state index contributed by atoms with van der Waals surface area (Å²) in [5.74, 6) is 2.68. The van der Waals surface area contributed by atoms with Crippen LogP contribution >= 0.6 is 0 Å². The molecular formula is C15H24N2O. The standard InChI is InChI=1S/C15H24N2O/c1-10-7-13-14(8-11(10)2)17-15(16-13)9-12-5-3-4-6-18-12/h10-12H,3-9H2,1-2H3,(H,16,17). The summed E-state index contributed by atoms with van der Waals surface area (Å²) in [6.07, 6.45) is 7.38.